The Labute approximate surface area is 191 Å². The highest BCUT2D eigenvalue weighted by molar-refractivity contribution is 7.89. The van der Waals surface area contributed by atoms with Gasteiger partial charge in [-0.25, -0.2) is 8.42 Å². The predicted octanol–water partition coefficient (Wildman–Crippen LogP) is 3.50. The predicted molar refractivity (Wildman–Crippen MR) is 126 cm³/mol. The summed E-state index contributed by atoms with van der Waals surface area (Å²) in [5, 5.41) is 2.87. The molecule has 0 aromatic heterocycles. The van der Waals surface area contributed by atoms with E-state index in [9.17, 15) is 13.2 Å². The summed E-state index contributed by atoms with van der Waals surface area (Å²) in [5.74, 6) is -0.267. The summed E-state index contributed by atoms with van der Waals surface area (Å²) < 4.78 is 32.6. The molecule has 1 aliphatic heterocycles. The number of carbonyl (C=O) groups excluding carboxylic acids is 1. The molecule has 8 heteroatoms. The van der Waals surface area contributed by atoms with Crippen LogP contribution in [0, 0.1) is 6.92 Å². The zero-order valence-corrected chi connectivity index (χ0v) is 20.1. The van der Waals surface area contributed by atoms with Crippen molar-refractivity contribution in [3.8, 4) is 0 Å². The van der Waals surface area contributed by atoms with E-state index in [2.05, 4.69) is 31.0 Å². The van der Waals surface area contributed by atoms with Crippen LogP contribution in [0.3, 0.4) is 0 Å². The number of morpholine rings is 1. The van der Waals surface area contributed by atoms with Crippen LogP contribution in [-0.2, 0) is 21.3 Å². The SMILES string of the molecule is CCN(Cc1ccc(C(=O)Nc2cc(S(=O)(=O)N3CCOCC3)ccc2C)cc1)C(C)C. The van der Waals surface area contributed by atoms with E-state index in [-0.39, 0.29) is 10.8 Å². The number of benzene rings is 2. The number of anilines is 1. The summed E-state index contributed by atoms with van der Waals surface area (Å²) in [6.07, 6.45) is 0. The van der Waals surface area contributed by atoms with Crippen LogP contribution in [0.5, 0.6) is 0 Å². The average molecular weight is 460 g/mol. The number of hydrogen-bond donors (Lipinski definition) is 1. The van der Waals surface area contributed by atoms with Gasteiger partial charge in [-0.15, -0.1) is 0 Å². The molecule has 32 heavy (non-hydrogen) atoms. The molecule has 2 aromatic rings. The van der Waals surface area contributed by atoms with Crippen LogP contribution >= 0.6 is 0 Å². The molecule has 0 bridgehead atoms. The first-order chi connectivity index (χ1) is 15.2. The first kappa shape index (κ1) is 24.4. The molecule has 1 N–H and O–H groups in total. The molecular formula is C24H33N3O4S. The van der Waals surface area contributed by atoms with Crippen molar-refractivity contribution in [2.24, 2.45) is 0 Å². The highest BCUT2D eigenvalue weighted by Gasteiger charge is 2.27. The molecule has 7 nitrogen and oxygen atoms in total. The van der Waals surface area contributed by atoms with Gasteiger partial charge in [0.2, 0.25) is 10.0 Å². The van der Waals surface area contributed by atoms with E-state index in [0.29, 0.717) is 43.6 Å². The number of aryl methyl sites for hydroxylation is 1. The third-order valence-electron chi connectivity index (χ3n) is 5.80. The van der Waals surface area contributed by atoms with Crippen molar-refractivity contribution in [3.05, 3.63) is 59.2 Å². The fourth-order valence-electron chi connectivity index (χ4n) is 3.68. The van der Waals surface area contributed by atoms with Crippen LogP contribution in [0.15, 0.2) is 47.4 Å². The third kappa shape index (κ3) is 5.75. The molecule has 2 aromatic carbocycles. The molecule has 0 saturated carbocycles. The lowest BCUT2D eigenvalue weighted by molar-refractivity contribution is 0.0730. The van der Waals surface area contributed by atoms with Crippen molar-refractivity contribution in [2.75, 3.05) is 38.2 Å². The van der Waals surface area contributed by atoms with E-state index < -0.39 is 10.0 Å². The van der Waals surface area contributed by atoms with Gasteiger partial charge >= 0.3 is 0 Å². The zero-order valence-electron chi connectivity index (χ0n) is 19.3. The number of rotatable bonds is 8. The van der Waals surface area contributed by atoms with Crippen LogP contribution < -0.4 is 5.32 Å². The van der Waals surface area contributed by atoms with Gasteiger partial charge in [0.1, 0.15) is 0 Å². The number of carbonyl (C=O) groups is 1. The Hall–Kier alpha value is -2.26. The number of hydrogen-bond acceptors (Lipinski definition) is 5. The summed E-state index contributed by atoms with van der Waals surface area (Å²) in [6, 6.07) is 12.8. The Balaban J connectivity index is 1.74. The molecule has 0 unspecified atom stereocenters. The normalized spacial score (nSPS) is 15.3. The van der Waals surface area contributed by atoms with Crippen molar-refractivity contribution in [1.29, 1.82) is 0 Å². The quantitative estimate of drug-likeness (QED) is 0.654. The lowest BCUT2D eigenvalue weighted by atomic mass is 10.1. The number of ether oxygens (including phenoxy) is 1. The summed E-state index contributed by atoms with van der Waals surface area (Å²) in [4.78, 5) is 15.3. The van der Waals surface area contributed by atoms with E-state index in [4.69, 9.17) is 4.74 Å². The zero-order chi connectivity index (χ0) is 23.3. The van der Waals surface area contributed by atoms with E-state index in [1.807, 2.05) is 31.2 Å². The topological polar surface area (TPSA) is 79.0 Å². The van der Waals surface area contributed by atoms with Gasteiger partial charge in [0.15, 0.2) is 0 Å². The summed E-state index contributed by atoms with van der Waals surface area (Å²) >= 11 is 0. The van der Waals surface area contributed by atoms with Gasteiger partial charge < -0.3 is 10.1 Å². The number of nitrogens with one attached hydrogen (secondary N) is 1. The number of amides is 1. The summed E-state index contributed by atoms with van der Waals surface area (Å²) in [7, 11) is -3.63. The van der Waals surface area contributed by atoms with Crippen molar-refractivity contribution in [2.45, 2.75) is 45.2 Å². The minimum absolute atomic E-state index is 0.170. The maximum absolute atomic E-state index is 13.0. The minimum Gasteiger partial charge on any atom is -0.379 e. The van der Waals surface area contributed by atoms with Crippen molar-refractivity contribution >= 4 is 21.6 Å². The second-order valence-electron chi connectivity index (χ2n) is 8.30. The Kier molecular flexibility index (Phi) is 8.05. The maximum atomic E-state index is 13.0. The molecule has 1 saturated heterocycles. The minimum atomic E-state index is -3.63. The van der Waals surface area contributed by atoms with Gasteiger partial charge in [-0.3, -0.25) is 9.69 Å². The molecule has 1 fully saturated rings. The van der Waals surface area contributed by atoms with Gasteiger partial charge in [-0.05, 0) is 62.7 Å². The average Bonchev–Trinajstić information content (AvgIpc) is 2.79. The Morgan fingerprint density at radius 2 is 1.78 bits per heavy atom. The highest BCUT2D eigenvalue weighted by Crippen LogP contribution is 2.24. The fourth-order valence-corrected chi connectivity index (χ4v) is 5.12. The van der Waals surface area contributed by atoms with Gasteiger partial charge in [0.25, 0.3) is 5.91 Å². The van der Waals surface area contributed by atoms with Gasteiger partial charge in [0.05, 0.1) is 18.1 Å². The largest absolute Gasteiger partial charge is 0.379 e. The monoisotopic (exact) mass is 459 g/mol. The van der Waals surface area contributed by atoms with Crippen molar-refractivity contribution in [1.82, 2.24) is 9.21 Å². The molecule has 0 atom stereocenters. The first-order valence-corrected chi connectivity index (χ1v) is 12.5. The smallest absolute Gasteiger partial charge is 0.255 e. The third-order valence-corrected chi connectivity index (χ3v) is 7.70. The standard InChI is InChI=1S/C24H33N3O4S/c1-5-26(18(2)3)17-20-7-9-21(10-8-20)24(28)25-23-16-22(11-6-19(23)4)32(29,30)27-12-14-31-15-13-27/h6-11,16,18H,5,12-15,17H2,1-4H3,(H,25,28). The van der Waals surface area contributed by atoms with E-state index in [1.54, 1.807) is 12.1 Å². The molecule has 0 spiro atoms. The van der Waals surface area contributed by atoms with E-state index in [1.165, 1.54) is 10.4 Å². The molecule has 1 amide bonds. The summed E-state index contributed by atoms with van der Waals surface area (Å²) in [6.45, 7) is 11.5. The van der Waals surface area contributed by atoms with Crippen molar-refractivity contribution in [3.63, 3.8) is 0 Å². The lowest BCUT2D eigenvalue weighted by Crippen LogP contribution is -2.40. The molecule has 0 aliphatic carbocycles. The van der Waals surface area contributed by atoms with Gasteiger partial charge in [-0.1, -0.05) is 25.1 Å². The Morgan fingerprint density at radius 3 is 2.38 bits per heavy atom. The summed E-state index contributed by atoms with van der Waals surface area (Å²) in [5.41, 5.74) is 2.96. The molecule has 1 heterocycles. The van der Waals surface area contributed by atoms with Crippen LogP contribution in [0.1, 0.15) is 42.3 Å². The van der Waals surface area contributed by atoms with E-state index in [0.717, 1.165) is 24.2 Å². The first-order valence-electron chi connectivity index (χ1n) is 11.0. The second-order valence-corrected chi connectivity index (χ2v) is 10.2. The van der Waals surface area contributed by atoms with Gasteiger partial charge in [-0.2, -0.15) is 4.31 Å². The molecule has 3 rings (SSSR count). The van der Waals surface area contributed by atoms with Crippen LogP contribution in [0.25, 0.3) is 0 Å². The lowest BCUT2D eigenvalue weighted by Gasteiger charge is -2.26. The van der Waals surface area contributed by atoms with Crippen LogP contribution in [-0.4, -0.2) is 62.4 Å². The molecule has 174 valence electrons. The van der Waals surface area contributed by atoms with Crippen LogP contribution in [0.2, 0.25) is 0 Å². The number of sulfonamides is 1. The van der Waals surface area contributed by atoms with Crippen LogP contribution in [0.4, 0.5) is 5.69 Å². The van der Waals surface area contributed by atoms with Crippen molar-refractivity contribution < 1.29 is 17.9 Å². The molecule has 0 radical (unpaired) electrons. The molecule has 1 aliphatic rings. The maximum Gasteiger partial charge on any atom is 0.255 e. The van der Waals surface area contributed by atoms with E-state index >= 15 is 0 Å². The Bertz CT molecular complexity index is 1030. The fraction of sp³-hybridized carbons (Fsp3) is 0.458. The number of nitrogens with zero attached hydrogens (tertiary/aromatic N) is 2. The molecular weight excluding hydrogens is 426 g/mol. The van der Waals surface area contributed by atoms with Gasteiger partial charge in [0, 0.05) is 36.9 Å². The highest BCUT2D eigenvalue weighted by atomic mass is 32.2. The Morgan fingerprint density at radius 1 is 1.12 bits per heavy atom. The second kappa shape index (κ2) is 10.6.